The number of thioether (sulfide) groups is 1. The molecule has 0 aliphatic heterocycles. The zero-order valence-electron chi connectivity index (χ0n) is 15.9. The SMILES string of the molecule is CSC(=O)C(C)(C)OC(=O)C(C)(C)C(=O)Cc1ccccc1.[B]CC. The van der Waals surface area contributed by atoms with Crippen molar-refractivity contribution in [3.63, 3.8) is 0 Å². The molecule has 0 unspecified atom stereocenters. The normalized spacial score (nSPS) is 11.1. The van der Waals surface area contributed by atoms with E-state index in [0.717, 1.165) is 23.6 Å². The van der Waals surface area contributed by atoms with Crippen molar-refractivity contribution in [1.29, 1.82) is 0 Å². The van der Waals surface area contributed by atoms with Gasteiger partial charge in [0.1, 0.15) is 5.41 Å². The molecule has 2 radical (unpaired) electrons. The Morgan fingerprint density at radius 1 is 1.08 bits per heavy atom. The van der Waals surface area contributed by atoms with Crippen LogP contribution in [0.1, 0.15) is 40.2 Å². The van der Waals surface area contributed by atoms with Crippen LogP contribution in [0.2, 0.25) is 6.32 Å². The molecule has 0 aliphatic rings. The summed E-state index contributed by atoms with van der Waals surface area (Å²) in [6.07, 6.45) is 2.53. The van der Waals surface area contributed by atoms with E-state index >= 15 is 0 Å². The minimum absolute atomic E-state index is 0.153. The van der Waals surface area contributed by atoms with Crippen molar-refractivity contribution in [2.45, 2.75) is 53.0 Å². The van der Waals surface area contributed by atoms with Gasteiger partial charge in [0.15, 0.2) is 11.4 Å². The van der Waals surface area contributed by atoms with Gasteiger partial charge in [0.2, 0.25) is 5.12 Å². The van der Waals surface area contributed by atoms with Crippen LogP contribution < -0.4 is 0 Å². The van der Waals surface area contributed by atoms with Crippen LogP contribution in [0, 0.1) is 5.41 Å². The summed E-state index contributed by atoms with van der Waals surface area (Å²) < 4.78 is 5.28. The summed E-state index contributed by atoms with van der Waals surface area (Å²) >= 11 is 0.994. The van der Waals surface area contributed by atoms with E-state index in [-0.39, 0.29) is 17.3 Å². The Morgan fingerprint density at radius 2 is 1.56 bits per heavy atom. The maximum atomic E-state index is 12.4. The van der Waals surface area contributed by atoms with E-state index in [9.17, 15) is 14.4 Å². The van der Waals surface area contributed by atoms with Gasteiger partial charge in [-0.2, -0.15) is 0 Å². The Kier molecular flexibility index (Phi) is 9.79. The van der Waals surface area contributed by atoms with Gasteiger partial charge in [-0.05, 0) is 39.5 Å². The smallest absolute Gasteiger partial charge is 0.320 e. The maximum absolute atomic E-state index is 12.4. The Balaban J connectivity index is 0.00000178. The molecule has 0 spiro atoms. The first-order valence-electron chi connectivity index (χ1n) is 8.12. The number of ketones is 1. The predicted octanol–water partition coefficient (Wildman–Crippen LogP) is 3.63. The van der Waals surface area contributed by atoms with Crippen LogP contribution in [0.4, 0.5) is 0 Å². The molecule has 25 heavy (non-hydrogen) atoms. The van der Waals surface area contributed by atoms with Crippen molar-refractivity contribution < 1.29 is 19.1 Å². The molecule has 0 saturated heterocycles. The summed E-state index contributed by atoms with van der Waals surface area (Å²) in [6, 6.07) is 9.22. The molecule has 0 fully saturated rings. The predicted molar refractivity (Wildman–Crippen MR) is 104 cm³/mol. The lowest BCUT2D eigenvalue weighted by Crippen LogP contribution is -2.43. The first-order valence-corrected chi connectivity index (χ1v) is 9.34. The molecular weight excluding hydrogens is 335 g/mol. The van der Waals surface area contributed by atoms with Gasteiger partial charge in [-0.15, -0.1) is 0 Å². The Bertz CT molecular complexity index is 582. The minimum Gasteiger partial charge on any atom is -0.450 e. The molecule has 0 aliphatic carbocycles. The second-order valence-electron chi connectivity index (χ2n) is 6.51. The molecule has 0 saturated carbocycles. The molecule has 1 aromatic rings. The second-order valence-corrected chi connectivity index (χ2v) is 7.29. The van der Waals surface area contributed by atoms with Crippen LogP contribution in [0.25, 0.3) is 0 Å². The number of hydrogen-bond donors (Lipinski definition) is 0. The van der Waals surface area contributed by atoms with Crippen molar-refractivity contribution in [2.24, 2.45) is 5.41 Å². The lowest BCUT2D eigenvalue weighted by Gasteiger charge is -2.28. The monoisotopic (exact) mass is 362 g/mol. The van der Waals surface area contributed by atoms with Crippen molar-refractivity contribution in [3.8, 4) is 0 Å². The highest BCUT2D eigenvalue weighted by molar-refractivity contribution is 8.13. The average Bonchev–Trinajstić information content (AvgIpc) is 2.55. The highest BCUT2D eigenvalue weighted by Gasteiger charge is 2.42. The van der Waals surface area contributed by atoms with Crippen molar-refractivity contribution in [1.82, 2.24) is 0 Å². The number of carbonyl (C=O) groups is 3. The van der Waals surface area contributed by atoms with Crippen molar-refractivity contribution >= 4 is 36.5 Å². The first kappa shape index (κ1) is 23.4. The van der Waals surface area contributed by atoms with Gasteiger partial charge in [0.25, 0.3) is 0 Å². The quantitative estimate of drug-likeness (QED) is 0.439. The molecule has 1 rings (SSSR count). The van der Waals surface area contributed by atoms with Gasteiger partial charge < -0.3 is 4.74 Å². The molecule has 0 heterocycles. The molecule has 0 aromatic heterocycles. The third-order valence-electron chi connectivity index (χ3n) is 3.44. The summed E-state index contributed by atoms with van der Waals surface area (Å²) in [5, 5.41) is -0.257. The van der Waals surface area contributed by atoms with E-state index in [1.165, 1.54) is 27.7 Å². The highest BCUT2D eigenvalue weighted by atomic mass is 32.2. The summed E-state index contributed by atoms with van der Waals surface area (Å²) in [6.45, 7) is 8.02. The number of Topliss-reactive ketones (excluding diaryl/α,β-unsaturated/α-hetero) is 1. The standard InChI is InChI=1S/C17H22O4S.C2H5B/c1-16(2,13(18)11-12-9-7-6-8-10-12)14(19)21-17(3,4)15(20)22-5;1-2-3/h6-10H,11H2,1-5H3;2H2,1H3. The van der Waals surface area contributed by atoms with E-state index < -0.39 is 17.0 Å². The topological polar surface area (TPSA) is 60.4 Å². The molecule has 0 N–H and O–H groups in total. The van der Waals surface area contributed by atoms with Crippen LogP contribution in [-0.2, 0) is 25.5 Å². The fourth-order valence-corrected chi connectivity index (χ4v) is 2.30. The zero-order chi connectivity index (χ0) is 19.7. The van der Waals surface area contributed by atoms with Gasteiger partial charge >= 0.3 is 5.97 Å². The molecule has 0 bridgehead atoms. The van der Waals surface area contributed by atoms with E-state index in [0.29, 0.717) is 0 Å². The number of ether oxygens (including phenoxy) is 1. The number of benzene rings is 1. The number of esters is 1. The van der Waals surface area contributed by atoms with Crippen LogP contribution in [0.15, 0.2) is 30.3 Å². The molecule has 0 atom stereocenters. The lowest BCUT2D eigenvalue weighted by atomic mass is 9.84. The Hall–Kier alpha value is -1.56. The number of hydrogen-bond acceptors (Lipinski definition) is 5. The first-order chi connectivity index (χ1) is 11.5. The summed E-state index contributed by atoms with van der Waals surface area (Å²) in [4.78, 5) is 36.5. The molecule has 136 valence electrons. The highest BCUT2D eigenvalue weighted by Crippen LogP contribution is 2.26. The number of carbonyl (C=O) groups excluding carboxylic acids is 3. The second kappa shape index (κ2) is 10.4. The van der Waals surface area contributed by atoms with E-state index in [1.54, 1.807) is 6.26 Å². The minimum atomic E-state index is -1.30. The molecule has 0 amide bonds. The van der Waals surface area contributed by atoms with Crippen LogP contribution in [0.3, 0.4) is 0 Å². The number of rotatable bonds is 6. The summed E-state index contributed by atoms with van der Waals surface area (Å²) in [5.74, 6) is -0.920. The van der Waals surface area contributed by atoms with E-state index in [4.69, 9.17) is 12.6 Å². The largest absolute Gasteiger partial charge is 0.450 e. The summed E-state index contributed by atoms with van der Waals surface area (Å²) in [7, 11) is 4.85. The van der Waals surface area contributed by atoms with Crippen LogP contribution >= 0.6 is 11.8 Å². The van der Waals surface area contributed by atoms with Gasteiger partial charge in [0.05, 0.1) is 7.85 Å². The molecule has 4 nitrogen and oxygen atoms in total. The van der Waals surface area contributed by atoms with Crippen molar-refractivity contribution in [2.75, 3.05) is 6.26 Å². The zero-order valence-corrected chi connectivity index (χ0v) is 16.7. The molecule has 6 heteroatoms. The van der Waals surface area contributed by atoms with E-state index in [2.05, 4.69) is 0 Å². The molecule has 1 aromatic carbocycles. The third-order valence-corrected chi connectivity index (χ3v) is 4.30. The summed E-state index contributed by atoms with van der Waals surface area (Å²) in [5.41, 5.74) is -1.71. The third kappa shape index (κ3) is 7.47. The fourth-order valence-electron chi connectivity index (χ4n) is 1.76. The molecular formula is C19H27BO4S. The van der Waals surface area contributed by atoms with Gasteiger partial charge in [-0.25, -0.2) is 0 Å². The van der Waals surface area contributed by atoms with Gasteiger partial charge in [-0.3, -0.25) is 14.4 Å². The van der Waals surface area contributed by atoms with Crippen LogP contribution in [-0.4, -0.2) is 36.6 Å². The van der Waals surface area contributed by atoms with Gasteiger partial charge in [0, 0.05) is 6.42 Å². The fraction of sp³-hybridized carbons (Fsp3) is 0.526. The average molecular weight is 362 g/mol. The van der Waals surface area contributed by atoms with Crippen LogP contribution in [0.5, 0.6) is 0 Å². The Labute approximate surface area is 156 Å². The van der Waals surface area contributed by atoms with E-state index in [1.807, 2.05) is 37.3 Å². The lowest BCUT2D eigenvalue weighted by molar-refractivity contribution is -0.171. The Morgan fingerprint density at radius 3 is 2.00 bits per heavy atom. The van der Waals surface area contributed by atoms with Crippen molar-refractivity contribution in [3.05, 3.63) is 35.9 Å². The maximum Gasteiger partial charge on any atom is 0.320 e. The van der Waals surface area contributed by atoms with Gasteiger partial charge in [-0.1, -0.05) is 55.3 Å².